The van der Waals surface area contributed by atoms with Crippen LogP contribution in [0, 0.1) is 5.92 Å². The van der Waals surface area contributed by atoms with Crippen LogP contribution >= 0.6 is 23.2 Å². The zero-order valence-electron chi connectivity index (χ0n) is 30.5. The van der Waals surface area contributed by atoms with Gasteiger partial charge in [-0.3, -0.25) is 14.7 Å². The van der Waals surface area contributed by atoms with Gasteiger partial charge in [0.05, 0.1) is 30.7 Å². The maximum Gasteiger partial charge on any atom is 0.360 e. The van der Waals surface area contributed by atoms with E-state index < -0.39 is 12.1 Å². The van der Waals surface area contributed by atoms with Gasteiger partial charge in [-0.15, -0.1) is 0 Å². The molecule has 0 N–H and O–H groups in total. The Morgan fingerprint density at radius 2 is 1.64 bits per heavy atom. The summed E-state index contributed by atoms with van der Waals surface area (Å²) in [5.74, 6) is 0.942. The summed E-state index contributed by atoms with van der Waals surface area (Å²) in [6, 6.07) is 22.7. The number of ether oxygens (including phenoxy) is 5. The minimum absolute atomic E-state index is 0.0459. The Hall–Kier alpha value is -5.10. The number of rotatable bonds is 15. The molecule has 3 aliphatic rings. The van der Waals surface area contributed by atoms with Crippen LogP contribution in [0.15, 0.2) is 95.9 Å². The summed E-state index contributed by atoms with van der Waals surface area (Å²) < 4.78 is 34.6. The Kier molecular flexibility index (Phi) is 12.2. The second-order valence-electron chi connectivity index (χ2n) is 13.6. The van der Waals surface area contributed by atoms with Crippen LogP contribution in [0.2, 0.25) is 10.0 Å². The highest BCUT2D eigenvalue weighted by Crippen LogP contribution is 2.37. The van der Waals surface area contributed by atoms with Crippen molar-refractivity contribution in [2.45, 2.75) is 50.4 Å². The molecular formula is C42H41Cl2N3O8. The molecule has 0 saturated carbocycles. The van der Waals surface area contributed by atoms with Crippen molar-refractivity contribution < 1.29 is 37.7 Å². The third kappa shape index (κ3) is 9.24. The number of fused-ring (bicyclic) bond motifs is 3. The minimum atomic E-state index is -0.839. The van der Waals surface area contributed by atoms with E-state index in [9.17, 15) is 9.59 Å². The van der Waals surface area contributed by atoms with E-state index >= 15 is 0 Å². The second-order valence-corrected chi connectivity index (χ2v) is 14.4. The van der Waals surface area contributed by atoms with E-state index in [1.165, 1.54) is 32.9 Å². The summed E-state index contributed by atoms with van der Waals surface area (Å²) in [7, 11) is 3.06. The smallest absolute Gasteiger partial charge is 0.360 e. The predicted molar refractivity (Wildman–Crippen MR) is 205 cm³/mol. The zero-order valence-corrected chi connectivity index (χ0v) is 32.0. The van der Waals surface area contributed by atoms with Crippen molar-refractivity contribution in [2.75, 3.05) is 33.9 Å². The molecule has 11 nitrogen and oxygen atoms in total. The molecule has 8 rings (SSSR count). The third-order valence-corrected chi connectivity index (χ3v) is 10.9. The van der Waals surface area contributed by atoms with E-state index in [-0.39, 0.29) is 49.0 Å². The molecule has 2 aromatic heterocycles. The van der Waals surface area contributed by atoms with Gasteiger partial charge >= 0.3 is 11.9 Å². The number of hydrogen-bond donors (Lipinski definition) is 0. The Morgan fingerprint density at radius 3 is 2.35 bits per heavy atom. The largest absolute Gasteiger partial charge is 0.493 e. The molecule has 3 atom stereocenters. The summed E-state index contributed by atoms with van der Waals surface area (Å²) in [6.45, 7) is 2.91. The number of halogens is 2. The fraction of sp³-hybridized carbons (Fsp3) is 0.333. The zero-order chi connectivity index (χ0) is 38.3. The maximum atomic E-state index is 13.5. The molecule has 0 amide bonds. The normalized spacial score (nSPS) is 18.6. The van der Waals surface area contributed by atoms with Crippen molar-refractivity contribution in [3.63, 3.8) is 0 Å². The first-order valence-corrected chi connectivity index (χ1v) is 18.9. The Labute approximate surface area is 329 Å². The molecule has 286 valence electrons. The number of piperidine rings is 3. The van der Waals surface area contributed by atoms with Crippen LogP contribution in [0.4, 0.5) is 0 Å². The molecule has 0 spiro atoms. The minimum Gasteiger partial charge on any atom is -0.493 e. The number of nitrogens with zero attached hydrogens (tertiary/aromatic N) is 3. The van der Waals surface area contributed by atoms with Gasteiger partial charge in [0.1, 0.15) is 24.2 Å². The number of pyridine rings is 1. The topological polar surface area (TPSA) is 122 Å². The Bertz CT molecular complexity index is 2080. The molecule has 3 fully saturated rings. The van der Waals surface area contributed by atoms with Crippen LogP contribution in [-0.2, 0) is 27.3 Å². The van der Waals surface area contributed by atoms with E-state index in [0.29, 0.717) is 44.3 Å². The summed E-state index contributed by atoms with van der Waals surface area (Å²) >= 11 is 12.9. The maximum absolute atomic E-state index is 13.5. The van der Waals surface area contributed by atoms with E-state index in [1.54, 1.807) is 18.2 Å². The quantitative estimate of drug-likeness (QED) is 0.0954. The van der Waals surface area contributed by atoms with Crippen molar-refractivity contribution in [3.05, 3.63) is 135 Å². The van der Waals surface area contributed by atoms with Gasteiger partial charge in [-0.2, -0.15) is 0 Å². The van der Waals surface area contributed by atoms with Gasteiger partial charge in [-0.1, -0.05) is 71.7 Å². The molecule has 3 aliphatic heterocycles. The summed E-state index contributed by atoms with van der Waals surface area (Å²) in [5.41, 5.74) is 3.03. The SMILES string of the molecule is COc1ccc([C@H](Cc2c(Cl)cncc2Cl)OC(=O)c2coc(COc3cccc([C@@H](CC(=O)O[C@H]4CN5CCC4CC5)c4ccccc4)c3)n2)cc1OC. The van der Waals surface area contributed by atoms with Crippen molar-refractivity contribution in [1.29, 1.82) is 0 Å². The van der Waals surface area contributed by atoms with E-state index in [0.717, 1.165) is 43.6 Å². The molecule has 5 aromatic rings. The number of aromatic nitrogens is 2. The van der Waals surface area contributed by atoms with Crippen molar-refractivity contribution in [1.82, 2.24) is 14.9 Å². The van der Waals surface area contributed by atoms with Gasteiger partial charge in [0.25, 0.3) is 0 Å². The van der Waals surface area contributed by atoms with Crippen LogP contribution in [-0.4, -0.2) is 66.8 Å². The molecule has 3 saturated heterocycles. The van der Waals surface area contributed by atoms with Gasteiger partial charge < -0.3 is 28.1 Å². The Morgan fingerprint density at radius 1 is 0.891 bits per heavy atom. The average Bonchev–Trinajstić information content (AvgIpc) is 3.70. The fourth-order valence-electron chi connectivity index (χ4n) is 7.27. The summed E-state index contributed by atoms with van der Waals surface area (Å²) in [6.07, 6.45) is 5.78. The van der Waals surface area contributed by atoms with Crippen molar-refractivity contribution >= 4 is 35.1 Å². The lowest BCUT2D eigenvalue weighted by Gasteiger charge is -2.44. The van der Waals surface area contributed by atoms with Gasteiger partial charge in [0, 0.05) is 31.3 Å². The molecule has 3 aromatic carbocycles. The van der Waals surface area contributed by atoms with Crippen LogP contribution in [0.1, 0.15) is 69.9 Å². The van der Waals surface area contributed by atoms with Gasteiger partial charge in [0.2, 0.25) is 5.89 Å². The molecule has 55 heavy (non-hydrogen) atoms. The van der Waals surface area contributed by atoms with Gasteiger partial charge in [0.15, 0.2) is 23.8 Å². The highest BCUT2D eigenvalue weighted by molar-refractivity contribution is 6.35. The van der Waals surface area contributed by atoms with Crippen LogP contribution in [0.25, 0.3) is 0 Å². The lowest BCUT2D eigenvalue weighted by molar-refractivity contribution is -0.159. The molecule has 5 heterocycles. The predicted octanol–water partition coefficient (Wildman–Crippen LogP) is 8.27. The van der Waals surface area contributed by atoms with Crippen LogP contribution in [0.3, 0.4) is 0 Å². The second kappa shape index (κ2) is 17.6. The lowest BCUT2D eigenvalue weighted by Crippen LogP contribution is -2.52. The number of hydrogen-bond acceptors (Lipinski definition) is 11. The number of esters is 2. The molecule has 0 unspecified atom stereocenters. The fourth-order valence-corrected chi connectivity index (χ4v) is 7.79. The molecule has 13 heteroatoms. The average molecular weight is 787 g/mol. The highest BCUT2D eigenvalue weighted by atomic mass is 35.5. The molecule has 2 bridgehead atoms. The van der Waals surface area contributed by atoms with E-state index in [1.807, 2.05) is 54.6 Å². The van der Waals surface area contributed by atoms with Crippen LogP contribution in [0.5, 0.6) is 17.2 Å². The number of carbonyl (C=O) groups excluding carboxylic acids is 2. The van der Waals surface area contributed by atoms with Crippen LogP contribution < -0.4 is 14.2 Å². The Balaban J connectivity index is 1.03. The molecule has 0 radical (unpaired) electrons. The van der Waals surface area contributed by atoms with E-state index in [4.69, 9.17) is 51.3 Å². The van der Waals surface area contributed by atoms with Gasteiger partial charge in [-0.25, -0.2) is 9.78 Å². The van der Waals surface area contributed by atoms with E-state index in [2.05, 4.69) is 14.9 Å². The number of benzene rings is 3. The highest BCUT2D eigenvalue weighted by Gasteiger charge is 2.37. The number of carbonyl (C=O) groups is 2. The lowest BCUT2D eigenvalue weighted by atomic mass is 9.85. The summed E-state index contributed by atoms with van der Waals surface area (Å²) in [5, 5.41) is 0.664. The monoisotopic (exact) mass is 785 g/mol. The first-order chi connectivity index (χ1) is 26.8. The first-order valence-electron chi connectivity index (χ1n) is 18.1. The number of methoxy groups -OCH3 is 2. The standard InChI is InChI=1S/C42H41Cl2N3O8/c1-50-36-12-11-29(18-38(36)51-2)37(19-32-33(43)21-45-22-34(32)44)55-42(49)35-24-53-40(46-35)25-52-30-10-6-9-28(17-30)31(26-7-4-3-5-8-26)20-41(48)54-39-23-47-15-13-27(39)14-16-47/h3-12,17-18,21-22,24,27,31,37,39H,13-16,19-20,23,25H2,1-2H3/t31-,37-,39-/m0/s1. The third-order valence-electron chi connectivity index (χ3n) is 10.2. The van der Waals surface area contributed by atoms with Crippen molar-refractivity contribution in [2.24, 2.45) is 5.92 Å². The molecular weight excluding hydrogens is 745 g/mol. The van der Waals surface area contributed by atoms with Crippen molar-refractivity contribution in [3.8, 4) is 17.2 Å². The molecule has 0 aliphatic carbocycles. The number of oxazole rings is 1. The first kappa shape index (κ1) is 38.2. The summed E-state index contributed by atoms with van der Waals surface area (Å²) in [4.78, 5) is 37.6. The van der Waals surface area contributed by atoms with Gasteiger partial charge in [-0.05, 0) is 78.4 Å².